The number of hydrazine groups is 1. The van der Waals surface area contributed by atoms with Gasteiger partial charge in [0.05, 0.1) is 5.69 Å². The Balaban J connectivity index is 2.40. The largest absolute Gasteiger partial charge is 0.308 e. The highest BCUT2D eigenvalue weighted by atomic mass is 15.2. The molecule has 0 radical (unpaired) electrons. The smallest absolute Gasteiger partial charge is 0.143 e. The van der Waals surface area contributed by atoms with Crippen LogP contribution in [-0.4, -0.2) is 15.0 Å². The second-order valence-electron chi connectivity index (χ2n) is 3.12. The van der Waals surface area contributed by atoms with Crippen molar-refractivity contribution in [2.24, 2.45) is 5.84 Å². The summed E-state index contributed by atoms with van der Waals surface area (Å²) in [5, 5.41) is 0. The van der Waals surface area contributed by atoms with Gasteiger partial charge in [0, 0.05) is 23.5 Å². The number of nitrogens with one attached hydrogen (secondary N) is 1. The molecule has 0 unspecified atom stereocenters. The minimum atomic E-state index is 0.584. The minimum absolute atomic E-state index is 0.584. The fourth-order valence-corrected chi connectivity index (χ4v) is 1.21. The highest BCUT2D eigenvalue weighted by molar-refractivity contribution is 5.60. The van der Waals surface area contributed by atoms with Crippen molar-refractivity contribution in [3.8, 4) is 11.3 Å². The van der Waals surface area contributed by atoms with Gasteiger partial charge in [-0.2, -0.15) is 0 Å². The van der Waals surface area contributed by atoms with E-state index in [4.69, 9.17) is 5.84 Å². The predicted octanol–water partition coefficient (Wildman–Crippen LogP) is 1.13. The number of rotatable bonds is 2. The lowest BCUT2D eigenvalue weighted by Gasteiger charge is -2.02. The van der Waals surface area contributed by atoms with Crippen molar-refractivity contribution < 1.29 is 0 Å². The minimum Gasteiger partial charge on any atom is -0.308 e. The maximum absolute atomic E-state index is 5.26. The van der Waals surface area contributed by atoms with Crippen molar-refractivity contribution in [2.75, 3.05) is 5.43 Å². The third-order valence-electron chi connectivity index (χ3n) is 2.02. The van der Waals surface area contributed by atoms with Crippen LogP contribution in [0.1, 0.15) is 5.69 Å². The van der Waals surface area contributed by atoms with Crippen LogP contribution < -0.4 is 11.3 Å². The average Bonchev–Trinajstić information content (AvgIpc) is 2.30. The summed E-state index contributed by atoms with van der Waals surface area (Å²) >= 11 is 0. The van der Waals surface area contributed by atoms with E-state index < -0.39 is 0 Å². The maximum atomic E-state index is 5.26. The first-order valence-electron chi connectivity index (χ1n) is 4.51. The highest BCUT2D eigenvalue weighted by Crippen LogP contribution is 2.17. The van der Waals surface area contributed by atoms with Gasteiger partial charge in [0.1, 0.15) is 12.1 Å². The van der Waals surface area contributed by atoms with E-state index in [0.717, 1.165) is 17.0 Å². The SMILES string of the molecule is Cc1ccc(-c2cc(NN)ncn2)cn1. The van der Waals surface area contributed by atoms with Crippen molar-refractivity contribution in [3.05, 3.63) is 36.4 Å². The molecule has 0 bridgehead atoms. The molecule has 0 fully saturated rings. The van der Waals surface area contributed by atoms with Gasteiger partial charge in [0.2, 0.25) is 0 Å². The Kier molecular flexibility index (Phi) is 2.55. The summed E-state index contributed by atoms with van der Waals surface area (Å²) in [5.41, 5.74) is 5.19. The van der Waals surface area contributed by atoms with Gasteiger partial charge < -0.3 is 5.43 Å². The van der Waals surface area contributed by atoms with Crippen LogP contribution in [0.2, 0.25) is 0 Å². The van der Waals surface area contributed by atoms with Crippen LogP contribution in [0.15, 0.2) is 30.7 Å². The van der Waals surface area contributed by atoms with Crippen LogP contribution in [-0.2, 0) is 0 Å². The third kappa shape index (κ3) is 2.08. The molecule has 2 aromatic heterocycles. The molecule has 0 aliphatic rings. The molecular weight excluding hydrogens is 190 g/mol. The number of pyridine rings is 1. The van der Waals surface area contributed by atoms with Crippen LogP contribution in [0.3, 0.4) is 0 Å². The highest BCUT2D eigenvalue weighted by Gasteiger charge is 2.00. The van der Waals surface area contributed by atoms with Gasteiger partial charge in [0.25, 0.3) is 0 Å². The van der Waals surface area contributed by atoms with Crippen LogP contribution in [0.25, 0.3) is 11.3 Å². The standard InChI is InChI=1S/C10H11N5/c1-7-2-3-8(5-12-7)9-4-10(15-11)14-6-13-9/h2-6H,11H2,1H3,(H,13,14,15). The van der Waals surface area contributed by atoms with Gasteiger partial charge in [-0.1, -0.05) is 0 Å². The monoisotopic (exact) mass is 201 g/mol. The molecule has 5 nitrogen and oxygen atoms in total. The summed E-state index contributed by atoms with van der Waals surface area (Å²) in [4.78, 5) is 12.3. The van der Waals surface area contributed by atoms with Gasteiger partial charge >= 0.3 is 0 Å². The topological polar surface area (TPSA) is 76.7 Å². The fraction of sp³-hybridized carbons (Fsp3) is 0.100. The van der Waals surface area contributed by atoms with E-state index in [1.54, 1.807) is 12.3 Å². The molecule has 15 heavy (non-hydrogen) atoms. The molecular formula is C10H11N5. The number of anilines is 1. The molecule has 0 saturated heterocycles. The molecule has 3 N–H and O–H groups in total. The van der Waals surface area contributed by atoms with E-state index in [0.29, 0.717) is 5.82 Å². The third-order valence-corrected chi connectivity index (χ3v) is 2.02. The zero-order valence-electron chi connectivity index (χ0n) is 8.31. The number of nitrogens with two attached hydrogens (primary N) is 1. The second-order valence-corrected chi connectivity index (χ2v) is 3.12. The first-order chi connectivity index (χ1) is 7.29. The Morgan fingerprint density at radius 2 is 2.07 bits per heavy atom. The lowest BCUT2D eigenvalue weighted by atomic mass is 10.2. The van der Waals surface area contributed by atoms with Crippen LogP contribution in [0, 0.1) is 6.92 Å². The fourth-order valence-electron chi connectivity index (χ4n) is 1.21. The summed E-state index contributed by atoms with van der Waals surface area (Å²) in [6.07, 6.45) is 3.24. The Bertz CT molecular complexity index is 452. The normalized spacial score (nSPS) is 10.0. The first kappa shape index (κ1) is 9.54. The average molecular weight is 201 g/mol. The van der Waals surface area contributed by atoms with Crippen molar-refractivity contribution in [1.82, 2.24) is 15.0 Å². The first-order valence-corrected chi connectivity index (χ1v) is 4.51. The lowest BCUT2D eigenvalue weighted by Crippen LogP contribution is -2.08. The number of aryl methyl sites for hydroxylation is 1. The quantitative estimate of drug-likeness (QED) is 0.562. The second kappa shape index (κ2) is 4.02. The van der Waals surface area contributed by atoms with Crippen LogP contribution >= 0.6 is 0 Å². The van der Waals surface area contributed by atoms with Crippen molar-refractivity contribution in [1.29, 1.82) is 0 Å². The molecule has 0 aliphatic heterocycles. The Morgan fingerprint density at radius 1 is 1.20 bits per heavy atom. The Labute approximate surface area is 87.4 Å². The number of aromatic nitrogens is 3. The van der Waals surface area contributed by atoms with E-state index in [-0.39, 0.29) is 0 Å². The zero-order chi connectivity index (χ0) is 10.7. The van der Waals surface area contributed by atoms with Crippen LogP contribution in [0.4, 0.5) is 5.82 Å². The number of nitrogen functional groups attached to an aromatic ring is 1. The Hall–Kier alpha value is -2.01. The number of hydrogen-bond acceptors (Lipinski definition) is 5. The van der Waals surface area contributed by atoms with E-state index in [1.807, 2.05) is 19.1 Å². The molecule has 0 amide bonds. The molecule has 0 spiro atoms. The molecule has 0 atom stereocenters. The van der Waals surface area contributed by atoms with Gasteiger partial charge in [-0.3, -0.25) is 4.98 Å². The van der Waals surface area contributed by atoms with E-state index in [1.165, 1.54) is 6.33 Å². The summed E-state index contributed by atoms with van der Waals surface area (Å²) in [6, 6.07) is 5.67. The summed E-state index contributed by atoms with van der Waals surface area (Å²) in [7, 11) is 0. The summed E-state index contributed by atoms with van der Waals surface area (Å²) < 4.78 is 0. The molecule has 2 rings (SSSR count). The van der Waals surface area contributed by atoms with Crippen molar-refractivity contribution in [3.63, 3.8) is 0 Å². The summed E-state index contributed by atoms with van der Waals surface area (Å²) in [6.45, 7) is 1.94. The van der Waals surface area contributed by atoms with Gasteiger partial charge in [-0.25, -0.2) is 15.8 Å². The van der Waals surface area contributed by atoms with Gasteiger partial charge in [-0.15, -0.1) is 0 Å². The van der Waals surface area contributed by atoms with Gasteiger partial charge in [-0.05, 0) is 19.1 Å². The molecule has 2 aromatic rings. The van der Waals surface area contributed by atoms with E-state index in [9.17, 15) is 0 Å². The number of hydrogen-bond donors (Lipinski definition) is 2. The lowest BCUT2D eigenvalue weighted by molar-refractivity contribution is 1.13. The molecule has 2 heterocycles. The Morgan fingerprint density at radius 3 is 2.73 bits per heavy atom. The summed E-state index contributed by atoms with van der Waals surface area (Å²) in [5.74, 6) is 5.85. The van der Waals surface area contributed by atoms with E-state index in [2.05, 4.69) is 20.4 Å². The molecule has 0 saturated carbocycles. The molecule has 0 aliphatic carbocycles. The maximum Gasteiger partial charge on any atom is 0.143 e. The molecule has 76 valence electrons. The van der Waals surface area contributed by atoms with Crippen molar-refractivity contribution >= 4 is 5.82 Å². The molecule has 5 heteroatoms. The van der Waals surface area contributed by atoms with Gasteiger partial charge in [0.15, 0.2) is 0 Å². The predicted molar refractivity (Wildman–Crippen MR) is 57.8 cm³/mol. The number of nitrogens with zero attached hydrogens (tertiary/aromatic N) is 3. The van der Waals surface area contributed by atoms with E-state index >= 15 is 0 Å². The molecule has 0 aromatic carbocycles. The zero-order valence-corrected chi connectivity index (χ0v) is 8.31. The van der Waals surface area contributed by atoms with Crippen molar-refractivity contribution in [2.45, 2.75) is 6.92 Å². The van der Waals surface area contributed by atoms with Crippen LogP contribution in [0.5, 0.6) is 0 Å².